The quantitative estimate of drug-likeness (QED) is 0.848. The van der Waals surface area contributed by atoms with Gasteiger partial charge in [-0.25, -0.2) is 4.39 Å². The van der Waals surface area contributed by atoms with Gasteiger partial charge in [-0.3, -0.25) is 0 Å². The molecule has 1 aliphatic carbocycles. The van der Waals surface area contributed by atoms with E-state index in [-0.39, 0.29) is 11.9 Å². The van der Waals surface area contributed by atoms with Gasteiger partial charge in [0, 0.05) is 12.6 Å². The van der Waals surface area contributed by atoms with Crippen LogP contribution in [0.15, 0.2) is 18.2 Å². The molecular formula is C14H20FNO. The maximum atomic E-state index is 13.3. The van der Waals surface area contributed by atoms with Crippen molar-refractivity contribution in [2.75, 3.05) is 13.7 Å². The summed E-state index contributed by atoms with van der Waals surface area (Å²) in [6, 6.07) is 5.26. The molecule has 0 heterocycles. The highest BCUT2D eigenvalue weighted by Gasteiger charge is 2.36. The Bertz CT molecular complexity index is 401. The van der Waals surface area contributed by atoms with Crippen molar-refractivity contribution in [3.63, 3.8) is 0 Å². The van der Waals surface area contributed by atoms with Crippen molar-refractivity contribution in [2.24, 2.45) is 5.41 Å². The van der Waals surface area contributed by atoms with Gasteiger partial charge in [0.05, 0.1) is 7.11 Å². The zero-order valence-electron chi connectivity index (χ0n) is 10.7. The Hall–Kier alpha value is -1.09. The third-order valence-corrected chi connectivity index (χ3v) is 3.61. The largest absolute Gasteiger partial charge is 0.494 e. The monoisotopic (exact) mass is 237 g/mol. The number of nitrogens with one attached hydrogen (secondary N) is 1. The van der Waals surface area contributed by atoms with Crippen LogP contribution in [0.2, 0.25) is 0 Å². The van der Waals surface area contributed by atoms with Crippen molar-refractivity contribution in [1.29, 1.82) is 0 Å². The molecule has 3 heteroatoms. The molecule has 1 atom stereocenters. The van der Waals surface area contributed by atoms with E-state index in [0.29, 0.717) is 11.2 Å². The van der Waals surface area contributed by atoms with Crippen molar-refractivity contribution in [3.05, 3.63) is 29.6 Å². The fourth-order valence-electron chi connectivity index (χ4n) is 1.85. The van der Waals surface area contributed by atoms with Gasteiger partial charge in [-0.2, -0.15) is 0 Å². The van der Waals surface area contributed by atoms with E-state index in [1.165, 1.54) is 26.0 Å². The van der Waals surface area contributed by atoms with Crippen LogP contribution in [-0.2, 0) is 0 Å². The van der Waals surface area contributed by atoms with Crippen LogP contribution >= 0.6 is 0 Å². The highest BCUT2D eigenvalue weighted by molar-refractivity contribution is 5.31. The van der Waals surface area contributed by atoms with E-state index in [1.54, 1.807) is 6.07 Å². The van der Waals surface area contributed by atoms with Gasteiger partial charge in [0.1, 0.15) is 0 Å². The lowest BCUT2D eigenvalue weighted by Crippen LogP contribution is -2.25. The van der Waals surface area contributed by atoms with Crippen molar-refractivity contribution in [3.8, 4) is 5.75 Å². The molecule has 17 heavy (non-hydrogen) atoms. The van der Waals surface area contributed by atoms with Gasteiger partial charge in [-0.1, -0.05) is 13.0 Å². The summed E-state index contributed by atoms with van der Waals surface area (Å²) in [7, 11) is 1.49. The summed E-state index contributed by atoms with van der Waals surface area (Å²) < 4.78 is 18.3. The molecule has 0 aromatic heterocycles. The molecule has 1 fully saturated rings. The fourth-order valence-corrected chi connectivity index (χ4v) is 1.85. The standard InChI is InChI=1S/C14H20FNO/c1-10(16-9-14(2)6-7-14)11-4-5-12(15)13(8-11)17-3/h4-5,8,10,16H,6-7,9H2,1-3H3. The number of benzene rings is 1. The third-order valence-electron chi connectivity index (χ3n) is 3.61. The summed E-state index contributed by atoms with van der Waals surface area (Å²) in [5.41, 5.74) is 1.55. The normalized spacial score (nSPS) is 18.8. The highest BCUT2D eigenvalue weighted by atomic mass is 19.1. The second-order valence-electron chi connectivity index (χ2n) is 5.31. The van der Waals surface area contributed by atoms with E-state index in [4.69, 9.17) is 4.74 Å². The van der Waals surface area contributed by atoms with Gasteiger partial charge in [0.25, 0.3) is 0 Å². The summed E-state index contributed by atoms with van der Waals surface area (Å²) in [6.45, 7) is 5.41. The zero-order chi connectivity index (χ0) is 12.5. The van der Waals surface area contributed by atoms with Crippen molar-refractivity contribution in [1.82, 2.24) is 5.32 Å². The Morgan fingerprint density at radius 2 is 2.18 bits per heavy atom. The smallest absolute Gasteiger partial charge is 0.165 e. The molecule has 0 radical (unpaired) electrons. The van der Waals surface area contributed by atoms with E-state index in [1.807, 2.05) is 6.07 Å². The Kier molecular flexibility index (Phi) is 3.38. The van der Waals surface area contributed by atoms with Crippen LogP contribution in [0.4, 0.5) is 4.39 Å². The molecule has 0 bridgehead atoms. The van der Waals surface area contributed by atoms with E-state index in [9.17, 15) is 4.39 Å². The predicted octanol–water partition coefficient (Wildman–Crippen LogP) is 3.29. The Balaban J connectivity index is 2.00. The number of halogens is 1. The minimum Gasteiger partial charge on any atom is -0.494 e. The predicted molar refractivity (Wildman–Crippen MR) is 66.7 cm³/mol. The number of methoxy groups -OCH3 is 1. The minimum atomic E-state index is -0.308. The molecule has 1 aromatic rings. The van der Waals surface area contributed by atoms with Crippen LogP contribution in [0, 0.1) is 11.2 Å². The molecule has 2 rings (SSSR count). The maximum absolute atomic E-state index is 13.3. The van der Waals surface area contributed by atoms with Crippen LogP contribution < -0.4 is 10.1 Å². The summed E-state index contributed by atoms with van der Waals surface area (Å²) in [4.78, 5) is 0. The lowest BCUT2D eigenvalue weighted by Gasteiger charge is -2.18. The first kappa shape index (κ1) is 12.4. The molecule has 94 valence electrons. The Morgan fingerprint density at radius 3 is 2.76 bits per heavy atom. The second kappa shape index (κ2) is 4.65. The topological polar surface area (TPSA) is 21.3 Å². The minimum absolute atomic E-state index is 0.224. The van der Waals surface area contributed by atoms with Crippen molar-refractivity contribution in [2.45, 2.75) is 32.7 Å². The number of ether oxygens (including phenoxy) is 1. The van der Waals surface area contributed by atoms with E-state index < -0.39 is 0 Å². The average molecular weight is 237 g/mol. The molecule has 1 aromatic carbocycles. The lowest BCUT2D eigenvalue weighted by molar-refractivity contribution is 0.384. The SMILES string of the molecule is COc1cc(C(C)NCC2(C)CC2)ccc1F. The molecular weight excluding hydrogens is 217 g/mol. The van der Waals surface area contributed by atoms with Gasteiger partial charge in [0.15, 0.2) is 11.6 Å². The van der Waals surface area contributed by atoms with E-state index >= 15 is 0 Å². The number of rotatable bonds is 5. The second-order valence-corrected chi connectivity index (χ2v) is 5.31. The van der Waals surface area contributed by atoms with Gasteiger partial charge in [0.2, 0.25) is 0 Å². The van der Waals surface area contributed by atoms with Crippen LogP contribution in [0.1, 0.15) is 38.3 Å². The van der Waals surface area contributed by atoms with E-state index in [0.717, 1.165) is 12.1 Å². The molecule has 0 spiro atoms. The highest BCUT2D eigenvalue weighted by Crippen LogP contribution is 2.44. The number of hydrogen-bond donors (Lipinski definition) is 1. The van der Waals surface area contributed by atoms with Crippen molar-refractivity contribution >= 4 is 0 Å². The maximum Gasteiger partial charge on any atom is 0.165 e. The lowest BCUT2D eigenvalue weighted by atomic mass is 10.1. The first-order chi connectivity index (χ1) is 8.04. The summed E-state index contributed by atoms with van der Waals surface area (Å²) >= 11 is 0. The van der Waals surface area contributed by atoms with Crippen LogP contribution in [0.25, 0.3) is 0 Å². The molecule has 0 aliphatic heterocycles. The van der Waals surface area contributed by atoms with Gasteiger partial charge < -0.3 is 10.1 Å². The zero-order valence-corrected chi connectivity index (χ0v) is 10.7. The van der Waals surface area contributed by atoms with Gasteiger partial charge in [-0.05, 0) is 42.9 Å². The molecule has 1 N–H and O–H groups in total. The molecule has 0 saturated heterocycles. The molecule has 0 amide bonds. The molecule has 1 saturated carbocycles. The van der Waals surface area contributed by atoms with Crippen LogP contribution in [0.5, 0.6) is 5.75 Å². The van der Waals surface area contributed by atoms with E-state index in [2.05, 4.69) is 19.2 Å². The molecule has 1 aliphatic rings. The van der Waals surface area contributed by atoms with Gasteiger partial charge in [-0.15, -0.1) is 0 Å². The number of hydrogen-bond acceptors (Lipinski definition) is 2. The third kappa shape index (κ3) is 2.97. The summed E-state index contributed by atoms with van der Waals surface area (Å²) in [6.07, 6.45) is 2.61. The van der Waals surface area contributed by atoms with Crippen LogP contribution in [0.3, 0.4) is 0 Å². The molecule has 1 unspecified atom stereocenters. The summed E-state index contributed by atoms with van der Waals surface area (Å²) in [5, 5.41) is 3.49. The molecule has 2 nitrogen and oxygen atoms in total. The van der Waals surface area contributed by atoms with Gasteiger partial charge >= 0.3 is 0 Å². The Morgan fingerprint density at radius 1 is 1.47 bits per heavy atom. The fraction of sp³-hybridized carbons (Fsp3) is 0.571. The Labute approximate surface area is 102 Å². The first-order valence-corrected chi connectivity index (χ1v) is 6.11. The summed E-state index contributed by atoms with van der Waals surface area (Å²) in [5.74, 6) is 0.00592. The van der Waals surface area contributed by atoms with Crippen molar-refractivity contribution < 1.29 is 9.13 Å². The average Bonchev–Trinajstić information content (AvgIpc) is 3.05. The first-order valence-electron chi connectivity index (χ1n) is 6.11. The van der Waals surface area contributed by atoms with Crippen LogP contribution in [-0.4, -0.2) is 13.7 Å².